The van der Waals surface area contributed by atoms with Gasteiger partial charge in [-0.1, -0.05) is 44.0 Å². The fraction of sp³-hybridized carbons (Fsp3) is 0.520. The first-order chi connectivity index (χ1) is 17.9. The van der Waals surface area contributed by atoms with Gasteiger partial charge in [-0.3, -0.25) is 29.6 Å². The second-order valence-electron chi connectivity index (χ2n) is 9.22. The van der Waals surface area contributed by atoms with Crippen molar-refractivity contribution >= 4 is 35.4 Å². The number of nitrogen functional groups attached to an aromatic ring is 1. The molecule has 0 fully saturated rings. The number of primary amides is 1. The first-order valence-corrected chi connectivity index (χ1v) is 12.5. The molecule has 3 atom stereocenters. The maximum atomic E-state index is 13.3. The van der Waals surface area contributed by atoms with Gasteiger partial charge in [0.05, 0.1) is 0 Å². The van der Waals surface area contributed by atoms with E-state index in [1.807, 2.05) is 6.92 Å². The zero-order valence-corrected chi connectivity index (χ0v) is 22.3. The van der Waals surface area contributed by atoms with E-state index in [0.29, 0.717) is 30.4 Å². The van der Waals surface area contributed by atoms with Crippen molar-refractivity contribution < 1.29 is 19.2 Å². The van der Waals surface area contributed by atoms with E-state index in [-0.39, 0.29) is 31.2 Å². The molecule has 13 heteroatoms. The van der Waals surface area contributed by atoms with Crippen LogP contribution in [0.25, 0.3) is 0 Å². The lowest BCUT2D eigenvalue weighted by atomic mass is 9.95. The third kappa shape index (κ3) is 10.8. The lowest BCUT2D eigenvalue weighted by Gasteiger charge is -2.25. The number of aliphatic imine (C=N–C) groups is 1. The van der Waals surface area contributed by atoms with Gasteiger partial charge in [-0.15, -0.1) is 0 Å². The molecule has 0 saturated heterocycles. The summed E-state index contributed by atoms with van der Waals surface area (Å²) in [4.78, 5) is 56.4. The van der Waals surface area contributed by atoms with Gasteiger partial charge in [-0.05, 0) is 31.2 Å². The molecule has 0 spiro atoms. The Balaban J connectivity index is 3.05. The number of rotatable bonds is 16. The van der Waals surface area contributed by atoms with Crippen molar-refractivity contribution in [2.45, 2.75) is 57.5 Å². The van der Waals surface area contributed by atoms with E-state index in [1.165, 1.54) is 4.90 Å². The minimum atomic E-state index is -1.10. The number of carbonyl (C=O) groups is 4. The van der Waals surface area contributed by atoms with E-state index in [2.05, 4.69) is 15.6 Å². The van der Waals surface area contributed by atoms with E-state index >= 15 is 0 Å². The van der Waals surface area contributed by atoms with Crippen molar-refractivity contribution in [3.8, 4) is 0 Å². The number of hydrogen-bond acceptors (Lipinski definition) is 6. The van der Waals surface area contributed by atoms with E-state index in [1.54, 1.807) is 38.4 Å². The number of benzene rings is 1. The Labute approximate surface area is 223 Å². The average molecular weight is 532 g/mol. The second kappa shape index (κ2) is 15.8. The number of amides is 4. The number of unbranched alkanes of at least 4 members (excludes halogenated alkanes) is 1. The zero-order valence-electron chi connectivity index (χ0n) is 22.3. The predicted octanol–water partition coefficient (Wildman–Crippen LogP) is -1.08. The standard InChI is InChI=1S/C25H41N9O4/c1-4-5-7-19(23(37)32-18(21(28)35)8-6-13-31-25(29)30)33-22(36)17(24(38)34(2)3)14-15-9-11-16(12-10-15)20(26)27/h9-12,17-19H,4-8,13-14H2,1-3H3,(H3,26,27)(H2,28,35)(H,32,37)(H,33,36)(H4,29,30,31)/t17?,18-,19-/m0/s1. The van der Waals surface area contributed by atoms with Gasteiger partial charge in [0.15, 0.2) is 5.96 Å². The third-order valence-corrected chi connectivity index (χ3v) is 5.84. The highest BCUT2D eigenvalue weighted by Gasteiger charge is 2.32. The van der Waals surface area contributed by atoms with Crippen LogP contribution in [0.15, 0.2) is 29.3 Å². The number of amidine groups is 1. The summed E-state index contributed by atoms with van der Waals surface area (Å²) in [6.45, 7) is 2.20. The van der Waals surface area contributed by atoms with Crippen LogP contribution in [0.3, 0.4) is 0 Å². The molecule has 210 valence electrons. The molecule has 1 aromatic rings. The topological polar surface area (TPSA) is 236 Å². The quantitative estimate of drug-likeness (QED) is 0.0602. The SMILES string of the molecule is CCCC[C@H](NC(=O)C(Cc1ccc(C(=N)N)cc1)C(=O)N(C)C)C(=O)N[C@@H](CCCN=C(N)N)C(N)=O. The van der Waals surface area contributed by atoms with Gasteiger partial charge in [0.1, 0.15) is 23.8 Å². The molecule has 0 aromatic heterocycles. The summed E-state index contributed by atoms with van der Waals surface area (Å²) in [5.41, 5.74) is 22.8. The summed E-state index contributed by atoms with van der Waals surface area (Å²) in [7, 11) is 3.09. The maximum Gasteiger partial charge on any atom is 0.243 e. The van der Waals surface area contributed by atoms with E-state index < -0.39 is 41.6 Å². The summed E-state index contributed by atoms with van der Waals surface area (Å²) in [6, 6.07) is 4.72. The van der Waals surface area contributed by atoms with Crippen LogP contribution < -0.4 is 33.6 Å². The molecule has 0 aliphatic rings. The molecule has 0 heterocycles. The largest absolute Gasteiger partial charge is 0.384 e. The lowest BCUT2D eigenvalue weighted by molar-refractivity contribution is -0.142. The molecule has 0 bridgehead atoms. The average Bonchev–Trinajstić information content (AvgIpc) is 2.85. The summed E-state index contributed by atoms with van der Waals surface area (Å²) in [6.07, 6.45) is 2.40. The number of nitrogens with zero attached hydrogens (tertiary/aromatic N) is 2. The monoisotopic (exact) mass is 531 g/mol. The Morgan fingerprint density at radius 2 is 1.50 bits per heavy atom. The van der Waals surface area contributed by atoms with Crippen molar-refractivity contribution in [1.29, 1.82) is 5.41 Å². The normalized spacial score (nSPS) is 12.9. The van der Waals surface area contributed by atoms with Gasteiger partial charge in [0.2, 0.25) is 23.6 Å². The Hall–Kier alpha value is -4.16. The second-order valence-corrected chi connectivity index (χ2v) is 9.22. The minimum absolute atomic E-state index is 0.0800. The summed E-state index contributed by atoms with van der Waals surface area (Å²) in [5, 5.41) is 12.8. The Morgan fingerprint density at radius 1 is 0.921 bits per heavy atom. The summed E-state index contributed by atoms with van der Waals surface area (Å²) in [5.74, 6) is -3.61. The van der Waals surface area contributed by atoms with Gasteiger partial charge < -0.3 is 38.5 Å². The number of nitrogens with one attached hydrogen (secondary N) is 3. The van der Waals surface area contributed by atoms with Crippen LogP contribution in [0, 0.1) is 11.3 Å². The first kappa shape index (κ1) is 31.9. The Bertz CT molecular complexity index is 1000. The van der Waals surface area contributed by atoms with Crippen LogP contribution in [-0.4, -0.2) is 73.0 Å². The molecule has 38 heavy (non-hydrogen) atoms. The first-order valence-electron chi connectivity index (χ1n) is 12.5. The highest BCUT2D eigenvalue weighted by Crippen LogP contribution is 2.14. The molecular weight excluding hydrogens is 490 g/mol. The number of guanidine groups is 1. The fourth-order valence-corrected chi connectivity index (χ4v) is 3.67. The fourth-order valence-electron chi connectivity index (χ4n) is 3.67. The molecule has 11 N–H and O–H groups in total. The van der Waals surface area contributed by atoms with Crippen molar-refractivity contribution in [3.63, 3.8) is 0 Å². The van der Waals surface area contributed by atoms with Crippen LogP contribution in [0.5, 0.6) is 0 Å². The predicted molar refractivity (Wildman–Crippen MR) is 146 cm³/mol. The van der Waals surface area contributed by atoms with E-state index in [9.17, 15) is 19.2 Å². The van der Waals surface area contributed by atoms with Crippen LogP contribution in [0.4, 0.5) is 0 Å². The Morgan fingerprint density at radius 3 is 2.00 bits per heavy atom. The highest BCUT2D eigenvalue weighted by molar-refractivity contribution is 6.02. The highest BCUT2D eigenvalue weighted by atomic mass is 16.2. The molecule has 0 aliphatic heterocycles. The molecule has 13 nitrogen and oxygen atoms in total. The van der Waals surface area contributed by atoms with E-state index in [0.717, 1.165) is 6.42 Å². The molecule has 1 unspecified atom stereocenters. The lowest BCUT2D eigenvalue weighted by Crippen LogP contribution is -2.54. The minimum Gasteiger partial charge on any atom is -0.384 e. The number of nitrogens with two attached hydrogens (primary N) is 4. The maximum absolute atomic E-state index is 13.3. The van der Waals surface area contributed by atoms with Crippen LogP contribution in [-0.2, 0) is 25.6 Å². The third-order valence-electron chi connectivity index (χ3n) is 5.84. The molecule has 0 aliphatic carbocycles. The van der Waals surface area contributed by atoms with Gasteiger partial charge in [-0.25, -0.2) is 0 Å². The van der Waals surface area contributed by atoms with Crippen molar-refractivity contribution in [2.75, 3.05) is 20.6 Å². The molecule has 0 radical (unpaired) electrons. The van der Waals surface area contributed by atoms with Crippen LogP contribution >= 0.6 is 0 Å². The van der Waals surface area contributed by atoms with Gasteiger partial charge >= 0.3 is 0 Å². The smallest absolute Gasteiger partial charge is 0.243 e. The summed E-state index contributed by atoms with van der Waals surface area (Å²) < 4.78 is 0. The van der Waals surface area contributed by atoms with E-state index in [4.69, 9.17) is 28.3 Å². The zero-order chi connectivity index (χ0) is 28.8. The van der Waals surface area contributed by atoms with Crippen molar-refractivity contribution in [1.82, 2.24) is 15.5 Å². The number of carbonyl (C=O) groups excluding carboxylic acids is 4. The van der Waals surface area contributed by atoms with Crippen LogP contribution in [0.1, 0.15) is 50.2 Å². The molecule has 4 amide bonds. The molecule has 0 saturated carbocycles. The van der Waals surface area contributed by atoms with Gasteiger partial charge in [0.25, 0.3) is 0 Å². The number of hydrogen-bond donors (Lipinski definition) is 7. The van der Waals surface area contributed by atoms with Crippen molar-refractivity contribution in [3.05, 3.63) is 35.4 Å². The van der Waals surface area contributed by atoms with Crippen molar-refractivity contribution in [2.24, 2.45) is 33.8 Å². The summed E-state index contributed by atoms with van der Waals surface area (Å²) >= 11 is 0. The molecule has 1 rings (SSSR count). The van der Waals surface area contributed by atoms with Crippen LogP contribution in [0.2, 0.25) is 0 Å². The molecule has 1 aromatic carbocycles. The Kier molecular flexibility index (Phi) is 13.3. The van der Waals surface area contributed by atoms with Gasteiger partial charge in [-0.2, -0.15) is 0 Å². The molecular formula is C25H41N9O4. The van der Waals surface area contributed by atoms with Gasteiger partial charge in [0, 0.05) is 26.2 Å².